The Labute approximate surface area is 118 Å². The van der Waals surface area contributed by atoms with Crippen molar-refractivity contribution in [3.63, 3.8) is 0 Å². The summed E-state index contributed by atoms with van der Waals surface area (Å²) in [5, 5.41) is 27.5. The molecular formula is C17H10N4. The maximum absolute atomic E-state index is 7.92. The van der Waals surface area contributed by atoms with Crippen molar-refractivity contribution < 1.29 is 0 Å². The van der Waals surface area contributed by atoms with Gasteiger partial charge in [0.1, 0.15) is 5.52 Å². The summed E-state index contributed by atoms with van der Waals surface area (Å²) in [6.45, 7) is 0. The molecule has 2 N–H and O–H groups in total. The van der Waals surface area contributed by atoms with Crippen LogP contribution >= 0.6 is 0 Å². The summed E-state index contributed by atoms with van der Waals surface area (Å²) in [6, 6.07) is 14.2. The number of nitrogens with one attached hydrogen (secondary N) is 2. The Morgan fingerprint density at radius 2 is 1.81 bits per heavy atom. The molecule has 5 aromatic rings. The maximum Gasteiger partial charge on any atom is 0.102 e. The van der Waals surface area contributed by atoms with Gasteiger partial charge >= 0.3 is 0 Å². The molecule has 0 unspecified atom stereocenters. The van der Waals surface area contributed by atoms with E-state index in [9.17, 15) is 0 Å². The van der Waals surface area contributed by atoms with Crippen molar-refractivity contribution in [2.75, 3.05) is 0 Å². The number of fused-ring (bicyclic) bond motifs is 5. The molecule has 0 atom stereocenters. The number of aromatic amines is 1. The Morgan fingerprint density at radius 3 is 2.76 bits per heavy atom. The van der Waals surface area contributed by atoms with E-state index >= 15 is 0 Å². The highest BCUT2D eigenvalue weighted by molar-refractivity contribution is 6.35. The topological polar surface area (TPSA) is 65.4 Å². The monoisotopic (exact) mass is 270 g/mol. The zero-order chi connectivity index (χ0) is 14.0. The van der Waals surface area contributed by atoms with Gasteiger partial charge in [0.2, 0.25) is 0 Å². The van der Waals surface area contributed by atoms with Crippen LogP contribution in [-0.2, 0) is 0 Å². The second-order valence-corrected chi connectivity index (χ2v) is 5.32. The molecule has 4 heteroatoms. The van der Waals surface area contributed by atoms with Crippen LogP contribution in [0.1, 0.15) is 0 Å². The first-order valence-electron chi connectivity index (χ1n) is 6.78. The normalized spacial score (nSPS) is 12.0. The van der Waals surface area contributed by atoms with Crippen molar-refractivity contribution in [2.24, 2.45) is 0 Å². The van der Waals surface area contributed by atoms with Crippen LogP contribution in [0.25, 0.3) is 43.2 Å². The zero-order valence-electron chi connectivity index (χ0n) is 11.0. The van der Waals surface area contributed by atoms with E-state index in [4.69, 9.17) is 5.41 Å². The number of hydrogen-bond donors (Lipinski definition) is 2. The van der Waals surface area contributed by atoms with E-state index < -0.39 is 0 Å². The highest BCUT2D eigenvalue weighted by Crippen LogP contribution is 2.40. The van der Waals surface area contributed by atoms with Gasteiger partial charge in [-0.3, -0.25) is 0 Å². The van der Waals surface area contributed by atoms with Crippen LogP contribution in [0.2, 0.25) is 0 Å². The summed E-state index contributed by atoms with van der Waals surface area (Å²) in [4.78, 5) is 0. The van der Waals surface area contributed by atoms with Crippen LogP contribution in [-0.4, -0.2) is 15.4 Å². The number of rotatable bonds is 0. The number of nitrogens with zero attached hydrogens (tertiary/aromatic N) is 2. The fourth-order valence-electron chi connectivity index (χ4n) is 3.33. The van der Waals surface area contributed by atoms with Crippen molar-refractivity contribution in [2.45, 2.75) is 0 Å². The highest BCUT2D eigenvalue weighted by Gasteiger charge is 2.15. The minimum Gasteiger partial charge on any atom is -0.301 e. The summed E-state index contributed by atoms with van der Waals surface area (Å²) in [7, 11) is 0. The van der Waals surface area contributed by atoms with Gasteiger partial charge in [0.15, 0.2) is 0 Å². The molecule has 1 aromatic heterocycles. The summed E-state index contributed by atoms with van der Waals surface area (Å²) in [5.41, 5.74) is 0.938. The second-order valence-electron chi connectivity index (χ2n) is 5.32. The van der Waals surface area contributed by atoms with Gasteiger partial charge in [-0.15, -0.1) is 0 Å². The predicted octanol–water partition coefficient (Wildman–Crippen LogP) is 3.33. The SMILES string of the molecule is N=c1ccc2cc3cccc4c5n[nH]ncc5c(c2c1)c34. The van der Waals surface area contributed by atoms with E-state index in [0.29, 0.717) is 5.36 Å². The lowest BCUT2D eigenvalue weighted by atomic mass is 9.99. The highest BCUT2D eigenvalue weighted by atomic mass is 15.3. The molecule has 0 fully saturated rings. The first kappa shape index (κ1) is 10.7. The van der Waals surface area contributed by atoms with E-state index in [-0.39, 0.29) is 0 Å². The maximum atomic E-state index is 7.92. The van der Waals surface area contributed by atoms with Gasteiger partial charge in [0.05, 0.1) is 11.6 Å². The predicted molar refractivity (Wildman–Crippen MR) is 83.4 cm³/mol. The zero-order valence-corrected chi connectivity index (χ0v) is 11.0. The lowest BCUT2D eigenvalue weighted by Crippen LogP contribution is -1.95. The molecule has 1 heterocycles. The molecule has 4 nitrogen and oxygen atoms in total. The quantitative estimate of drug-likeness (QED) is 0.424. The van der Waals surface area contributed by atoms with Gasteiger partial charge < -0.3 is 5.41 Å². The van der Waals surface area contributed by atoms with Gasteiger partial charge in [0, 0.05) is 16.2 Å². The van der Waals surface area contributed by atoms with Crippen molar-refractivity contribution in [3.05, 3.63) is 54.0 Å². The second kappa shape index (κ2) is 3.55. The third-order valence-corrected chi connectivity index (χ3v) is 4.17. The van der Waals surface area contributed by atoms with Gasteiger partial charge in [-0.2, -0.15) is 15.4 Å². The van der Waals surface area contributed by atoms with Gasteiger partial charge in [-0.1, -0.05) is 24.3 Å². The molecule has 0 spiro atoms. The molecule has 5 rings (SSSR count). The van der Waals surface area contributed by atoms with Crippen LogP contribution in [0.3, 0.4) is 0 Å². The molecule has 21 heavy (non-hydrogen) atoms. The van der Waals surface area contributed by atoms with Crippen LogP contribution in [0, 0.1) is 5.41 Å². The Morgan fingerprint density at radius 1 is 0.857 bits per heavy atom. The smallest absolute Gasteiger partial charge is 0.102 e. The van der Waals surface area contributed by atoms with Crippen molar-refractivity contribution in [1.82, 2.24) is 15.4 Å². The first-order valence-corrected chi connectivity index (χ1v) is 6.78. The Bertz CT molecular complexity index is 1200. The molecule has 0 aliphatic rings. The Kier molecular flexibility index (Phi) is 1.81. The Balaban J connectivity index is 2.29. The lowest BCUT2D eigenvalue weighted by Gasteiger charge is -2.04. The van der Waals surface area contributed by atoms with E-state index in [1.54, 1.807) is 0 Å². The third kappa shape index (κ3) is 1.26. The lowest BCUT2D eigenvalue weighted by molar-refractivity contribution is 0.899. The third-order valence-electron chi connectivity index (χ3n) is 4.17. The van der Waals surface area contributed by atoms with E-state index in [0.717, 1.165) is 32.4 Å². The van der Waals surface area contributed by atoms with Gasteiger partial charge in [-0.25, -0.2) is 0 Å². The molecule has 0 bridgehead atoms. The van der Waals surface area contributed by atoms with Gasteiger partial charge in [-0.05, 0) is 39.7 Å². The Hall–Kier alpha value is -3.01. The molecule has 98 valence electrons. The summed E-state index contributed by atoms with van der Waals surface area (Å²) in [6.07, 6.45) is 1.83. The molecule has 4 aromatic carbocycles. The fraction of sp³-hybridized carbons (Fsp3) is 0. The van der Waals surface area contributed by atoms with E-state index in [1.165, 1.54) is 10.8 Å². The van der Waals surface area contributed by atoms with Gasteiger partial charge in [0.25, 0.3) is 0 Å². The average Bonchev–Trinajstić information content (AvgIpc) is 2.85. The first-order chi connectivity index (χ1) is 10.3. The molecular weight excluding hydrogens is 260 g/mol. The number of hydrogen-bond acceptors (Lipinski definition) is 3. The average molecular weight is 270 g/mol. The summed E-state index contributed by atoms with van der Waals surface area (Å²) >= 11 is 0. The van der Waals surface area contributed by atoms with E-state index in [2.05, 4.69) is 39.7 Å². The number of benzene rings is 3. The van der Waals surface area contributed by atoms with Crippen LogP contribution < -0.4 is 5.36 Å². The van der Waals surface area contributed by atoms with Crippen molar-refractivity contribution >= 4 is 43.2 Å². The largest absolute Gasteiger partial charge is 0.301 e. The summed E-state index contributed by atoms with van der Waals surface area (Å²) < 4.78 is 0. The molecule has 0 aliphatic carbocycles. The number of H-pyrrole nitrogens is 1. The standard InChI is InChI=1S/C17H10N4/c18-11-5-4-9-6-10-2-1-3-12-15(10)16(13(9)7-11)14-8-19-21-20-17(12)14/h1-8,18,21H. The molecule has 0 saturated heterocycles. The fourth-order valence-corrected chi connectivity index (χ4v) is 3.33. The minimum absolute atomic E-state index is 0.521. The van der Waals surface area contributed by atoms with E-state index in [1.807, 2.05) is 24.4 Å². The molecule has 0 radical (unpaired) electrons. The van der Waals surface area contributed by atoms with Crippen LogP contribution in [0.5, 0.6) is 0 Å². The minimum atomic E-state index is 0.521. The molecule has 0 amide bonds. The van der Waals surface area contributed by atoms with Crippen LogP contribution in [0.4, 0.5) is 0 Å². The summed E-state index contributed by atoms with van der Waals surface area (Å²) in [5.74, 6) is 0. The molecule has 0 saturated carbocycles. The van der Waals surface area contributed by atoms with Crippen LogP contribution in [0.15, 0.2) is 48.7 Å². The number of aromatic nitrogens is 3. The molecule has 0 aliphatic heterocycles. The van der Waals surface area contributed by atoms with Crippen molar-refractivity contribution in [1.29, 1.82) is 5.41 Å². The van der Waals surface area contributed by atoms with Crippen molar-refractivity contribution in [3.8, 4) is 0 Å².